The molecule has 0 unspecified atom stereocenters. The molecule has 0 bridgehead atoms. The summed E-state index contributed by atoms with van der Waals surface area (Å²) in [6.45, 7) is -0.658. The second-order valence-corrected chi connectivity index (χ2v) is 8.94. The van der Waals surface area contributed by atoms with Crippen LogP contribution in [0.15, 0.2) is 34.5 Å². The quantitative estimate of drug-likeness (QED) is 0.660. The Morgan fingerprint density at radius 2 is 2.04 bits per heavy atom. The van der Waals surface area contributed by atoms with Crippen LogP contribution >= 0.6 is 22.9 Å². The first-order valence-electron chi connectivity index (χ1n) is 6.93. The van der Waals surface area contributed by atoms with Crippen LogP contribution in [-0.4, -0.2) is 39.4 Å². The third-order valence-electron chi connectivity index (χ3n) is 3.18. The number of hydrogen-bond acceptors (Lipinski definition) is 6. The number of halogens is 2. The lowest BCUT2D eigenvalue weighted by Crippen LogP contribution is -2.32. The van der Waals surface area contributed by atoms with Crippen LogP contribution in [0.25, 0.3) is 0 Å². The van der Waals surface area contributed by atoms with Crippen molar-refractivity contribution in [2.75, 3.05) is 20.7 Å². The SMILES string of the molecule is COc1ccc(COC(=O)CN(C)S(=O)(=O)c2ccc(Cl)s2)cc1F. The van der Waals surface area contributed by atoms with Crippen molar-refractivity contribution in [3.05, 3.63) is 46.0 Å². The average Bonchev–Trinajstić information content (AvgIpc) is 3.00. The number of hydrogen-bond donors (Lipinski definition) is 0. The number of sulfonamides is 1. The van der Waals surface area contributed by atoms with Gasteiger partial charge in [0.25, 0.3) is 10.0 Å². The Morgan fingerprint density at radius 1 is 1.32 bits per heavy atom. The Bertz CT molecular complexity index is 869. The lowest BCUT2D eigenvalue weighted by Gasteiger charge is -2.15. The summed E-state index contributed by atoms with van der Waals surface area (Å²) in [6, 6.07) is 6.97. The van der Waals surface area contributed by atoms with Gasteiger partial charge < -0.3 is 9.47 Å². The zero-order valence-electron chi connectivity index (χ0n) is 13.4. The number of carbonyl (C=O) groups excluding carboxylic acids is 1. The highest BCUT2D eigenvalue weighted by Gasteiger charge is 2.25. The van der Waals surface area contributed by atoms with E-state index in [0.717, 1.165) is 15.6 Å². The number of rotatable bonds is 7. The maximum atomic E-state index is 13.6. The third-order valence-corrected chi connectivity index (χ3v) is 6.68. The molecule has 0 spiro atoms. The van der Waals surface area contributed by atoms with Crippen molar-refractivity contribution in [2.24, 2.45) is 0 Å². The van der Waals surface area contributed by atoms with Crippen molar-refractivity contribution in [3.63, 3.8) is 0 Å². The van der Waals surface area contributed by atoms with E-state index in [4.69, 9.17) is 21.1 Å². The van der Waals surface area contributed by atoms with E-state index < -0.39 is 28.4 Å². The molecule has 0 aliphatic heterocycles. The fraction of sp³-hybridized carbons (Fsp3) is 0.267. The molecule has 0 atom stereocenters. The molecule has 0 saturated carbocycles. The molecule has 1 aromatic heterocycles. The number of esters is 1. The smallest absolute Gasteiger partial charge is 0.321 e. The molecule has 0 aliphatic rings. The van der Waals surface area contributed by atoms with Crippen LogP contribution < -0.4 is 4.74 Å². The Balaban J connectivity index is 1.94. The Kier molecular flexibility index (Phi) is 6.39. The number of carbonyl (C=O) groups is 1. The first kappa shape index (κ1) is 19.6. The molecule has 6 nitrogen and oxygen atoms in total. The summed E-state index contributed by atoms with van der Waals surface area (Å²) in [6.07, 6.45) is 0. The first-order chi connectivity index (χ1) is 11.7. The van der Waals surface area contributed by atoms with E-state index in [1.165, 1.54) is 38.4 Å². The van der Waals surface area contributed by atoms with Crippen LogP contribution in [0.1, 0.15) is 5.56 Å². The van der Waals surface area contributed by atoms with E-state index in [9.17, 15) is 17.6 Å². The van der Waals surface area contributed by atoms with Crippen molar-refractivity contribution < 1.29 is 27.1 Å². The standard InChI is InChI=1S/C15H15ClFNO5S2/c1-18(25(20,21)15-6-5-13(16)24-15)8-14(19)23-9-10-3-4-12(22-2)11(17)7-10/h3-7H,8-9H2,1-2H3. The van der Waals surface area contributed by atoms with Crippen molar-refractivity contribution in [3.8, 4) is 5.75 Å². The van der Waals surface area contributed by atoms with Gasteiger partial charge in [-0.3, -0.25) is 4.79 Å². The summed E-state index contributed by atoms with van der Waals surface area (Å²) >= 11 is 6.63. The highest BCUT2D eigenvalue weighted by molar-refractivity contribution is 7.91. The number of likely N-dealkylation sites (N-methyl/N-ethyl adjacent to an activating group) is 1. The van der Waals surface area contributed by atoms with Crippen molar-refractivity contribution >= 4 is 38.9 Å². The van der Waals surface area contributed by atoms with Gasteiger partial charge >= 0.3 is 5.97 Å². The molecule has 0 saturated heterocycles. The minimum absolute atomic E-state index is 0.0324. The minimum atomic E-state index is -3.82. The molecule has 1 aromatic carbocycles. The Hall–Kier alpha value is -1.68. The lowest BCUT2D eigenvalue weighted by atomic mass is 10.2. The van der Waals surface area contributed by atoms with Gasteiger partial charge in [-0.05, 0) is 29.8 Å². The van der Waals surface area contributed by atoms with Crippen LogP contribution in [-0.2, 0) is 26.2 Å². The normalized spacial score (nSPS) is 11.6. The van der Waals surface area contributed by atoms with Gasteiger partial charge in [0.1, 0.15) is 17.4 Å². The molecule has 0 N–H and O–H groups in total. The molecule has 0 radical (unpaired) electrons. The fourth-order valence-electron chi connectivity index (χ4n) is 1.87. The minimum Gasteiger partial charge on any atom is -0.494 e. The Morgan fingerprint density at radius 3 is 2.60 bits per heavy atom. The van der Waals surface area contributed by atoms with Crippen molar-refractivity contribution in [1.29, 1.82) is 0 Å². The van der Waals surface area contributed by atoms with Gasteiger partial charge in [-0.15, -0.1) is 11.3 Å². The zero-order valence-corrected chi connectivity index (χ0v) is 15.8. The maximum absolute atomic E-state index is 13.6. The van der Waals surface area contributed by atoms with E-state index >= 15 is 0 Å². The van der Waals surface area contributed by atoms with Gasteiger partial charge in [-0.25, -0.2) is 12.8 Å². The van der Waals surface area contributed by atoms with Gasteiger partial charge in [-0.1, -0.05) is 17.7 Å². The molecular weight excluding hydrogens is 393 g/mol. The van der Waals surface area contributed by atoms with Gasteiger partial charge in [0.15, 0.2) is 11.6 Å². The van der Waals surface area contributed by atoms with E-state index in [0.29, 0.717) is 9.90 Å². The lowest BCUT2D eigenvalue weighted by molar-refractivity contribution is -0.144. The van der Waals surface area contributed by atoms with Gasteiger partial charge in [-0.2, -0.15) is 4.31 Å². The van der Waals surface area contributed by atoms with Crippen LogP contribution in [0.3, 0.4) is 0 Å². The number of thiophene rings is 1. The van der Waals surface area contributed by atoms with Crippen molar-refractivity contribution in [2.45, 2.75) is 10.8 Å². The maximum Gasteiger partial charge on any atom is 0.321 e. The summed E-state index contributed by atoms with van der Waals surface area (Å²) in [5.41, 5.74) is 0.419. The van der Waals surface area contributed by atoms with E-state index in [1.54, 1.807) is 6.07 Å². The molecule has 0 amide bonds. The van der Waals surface area contributed by atoms with Gasteiger partial charge in [0.05, 0.1) is 11.4 Å². The molecule has 25 heavy (non-hydrogen) atoms. The molecule has 0 aliphatic carbocycles. The first-order valence-corrected chi connectivity index (χ1v) is 9.57. The molecule has 136 valence electrons. The monoisotopic (exact) mass is 407 g/mol. The second kappa shape index (κ2) is 8.13. The fourth-order valence-corrected chi connectivity index (χ4v) is 4.67. The predicted octanol–water partition coefficient (Wildman–Crippen LogP) is 2.91. The van der Waals surface area contributed by atoms with Gasteiger partial charge in [0.2, 0.25) is 0 Å². The van der Waals surface area contributed by atoms with E-state index in [-0.39, 0.29) is 16.6 Å². The van der Waals surface area contributed by atoms with Crippen molar-refractivity contribution in [1.82, 2.24) is 4.31 Å². The number of nitrogens with zero attached hydrogens (tertiary/aromatic N) is 1. The van der Waals surface area contributed by atoms with Crippen LogP contribution in [0.2, 0.25) is 4.34 Å². The van der Waals surface area contributed by atoms with Crippen LogP contribution in [0, 0.1) is 5.82 Å². The third kappa shape index (κ3) is 4.91. The summed E-state index contributed by atoms with van der Waals surface area (Å²) in [4.78, 5) is 11.8. The largest absolute Gasteiger partial charge is 0.494 e. The second-order valence-electron chi connectivity index (χ2n) is 4.95. The van der Waals surface area contributed by atoms with Crippen LogP contribution in [0.4, 0.5) is 4.39 Å². The molecule has 1 heterocycles. The summed E-state index contributed by atoms with van der Waals surface area (Å²) in [7, 11) is -1.22. The van der Waals surface area contributed by atoms with E-state index in [1.807, 2.05) is 0 Å². The molecular formula is C15H15ClFNO5S2. The molecule has 10 heteroatoms. The molecule has 2 rings (SSSR count). The van der Waals surface area contributed by atoms with E-state index in [2.05, 4.69) is 0 Å². The zero-order chi connectivity index (χ0) is 18.6. The number of benzene rings is 1. The predicted molar refractivity (Wildman–Crippen MR) is 91.9 cm³/mol. The number of ether oxygens (including phenoxy) is 2. The average molecular weight is 408 g/mol. The van der Waals surface area contributed by atoms with Crippen LogP contribution in [0.5, 0.6) is 5.75 Å². The topological polar surface area (TPSA) is 72.9 Å². The molecule has 0 fully saturated rings. The highest BCUT2D eigenvalue weighted by Crippen LogP contribution is 2.27. The summed E-state index contributed by atoms with van der Waals surface area (Å²) in [5, 5.41) is 0. The summed E-state index contributed by atoms with van der Waals surface area (Å²) in [5.74, 6) is -1.26. The Labute approximate surface area is 153 Å². The number of methoxy groups -OCH3 is 1. The summed E-state index contributed by atoms with van der Waals surface area (Å²) < 4.78 is 49.1. The molecule has 2 aromatic rings. The van der Waals surface area contributed by atoms with Gasteiger partial charge in [0, 0.05) is 7.05 Å². The highest BCUT2D eigenvalue weighted by atomic mass is 35.5.